The molecule has 0 aromatic heterocycles. The SMILES string of the molecule is COC(=O)[C@H]1COCCC12CN(C(=O)OC(C)(C)C)C2. The van der Waals surface area contributed by atoms with E-state index >= 15 is 0 Å². The van der Waals surface area contributed by atoms with Crippen molar-refractivity contribution in [3.05, 3.63) is 0 Å². The molecule has 1 spiro atoms. The Hall–Kier alpha value is -1.30. The van der Waals surface area contributed by atoms with E-state index in [9.17, 15) is 9.59 Å². The smallest absolute Gasteiger partial charge is 0.410 e. The van der Waals surface area contributed by atoms with Crippen LogP contribution in [0.4, 0.5) is 4.79 Å². The summed E-state index contributed by atoms with van der Waals surface area (Å²) < 4.78 is 15.6. The van der Waals surface area contributed by atoms with Gasteiger partial charge >= 0.3 is 12.1 Å². The average molecular weight is 285 g/mol. The number of carbonyl (C=O) groups is 2. The number of ether oxygens (including phenoxy) is 3. The molecule has 1 amide bonds. The second-order valence-electron chi connectivity index (χ2n) is 6.60. The molecule has 2 aliphatic heterocycles. The van der Waals surface area contributed by atoms with Crippen LogP contribution >= 0.6 is 0 Å². The van der Waals surface area contributed by atoms with E-state index in [4.69, 9.17) is 14.2 Å². The van der Waals surface area contributed by atoms with Crippen LogP contribution in [-0.4, -0.2) is 56.0 Å². The first-order chi connectivity index (χ1) is 9.27. The predicted molar refractivity (Wildman–Crippen MR) is 71.2 cm³/mol. The van der Waals surface area contributed by atoms with Crippen LogP contribution in [0.5, 0.6) is 0 Å². The van der Waals surface area contributed by atoms with E-state index in [1.807, 2.05) is 20.8 Å². The Morgan fingerprint density at radius 3 is 2.50 bits per heavy atom. The summed E-state index contributed by atoms with van der Waals surface area (Å²) in [5.41, 5.74) is -0.709. The second-order valence-corrected chi connectivity index (χ2v) is 6.60. The molecule has 114 valence electrons. The second kappa shape index (κ2) is 5.24. The Morgan fingerprint density at radius 1 is 1.30 bits per heavy atom. The summed E-state index contributed by atoms with van der Waals surface area (Å²) in [5, 5.41) is 0. The van der Waals surface area contributed by atoms with Crippen molar-refractivity contribution in [2.75, 3.05) is 33.4 Å². The Labute approximate surface area is 119 Å². The molecule has 2 fully saturated rings. The zero-order valence-corrected chi connectivity index (χ0v) is 12.6. The summed E-state index contributed by atoms with van der Waals surface area (Å²) in [6.07, 6.45) is 0.449. The minimum atomic E-state index is -0.503. The number of rotatable bonds is 1. The molecule has 1 atom stereocenters. The van der Waals surface area contributed by atoms with Gasteiger partial charge in [-0.05, 0) is 27.2 Å². The van der Waals surface area contributed by atoms with E-state index in [1.165, 1.54) is 7.11 Å². The highest BCUT2D eigenvalue weighted by Crippen LogP contribution is 2.44. The van der Waals surface area contributed by atoms with Crippen molar-refractivity contribution in [3.8, 4) is 0 Å². The summed E-state index contributed by atoms with van der Waals surface area (Å²) in [6.45, 7) is 7.57. The largest absolute Gasteiger partial charge is 0.469 e. The molecule has 0 N–H and O–H groups in total. The van der Waals surface area contributed by atoms with E-state index < -0.39 is 5.60 Å². The van der Waals surface area contributed by atoms with Crippen molar-refractivity contribution in [2.45, 2.75) is 32.8 Å². The van der Waals surface area contributed by atoms with Gasteiger partial charge in [0.15, 0.2) is 0 Å². The third-order valence-corrected chi connectivity index (χ3v) is 3.92. The van der Waals surface area contributed by atoms with E-state index in [-0.39, 0.29) is 23.4 Å². The fraction of sp³-hybridized carbons (Fsp3) is 0.857. The molecule has 2 heterocycles. The zero-order valence-electron chi connectivity index (χ0n) is 12.6. The first-order valence-corrected chi connectivity index (χ1v) is 6.91. The fourth-order valence-corrected chi connectivity index (χ4v) is 2.84. The molecule has 6 nitrogen and oxygen atoms in total. The number of methoxy groups -OCH3 is 1. The van der Waals surface area contributed by atoms with Crippen LogP contribution in [0.2, 0.25) is 0 Å². The standard InChI is InChI=1S/C14H23NO5/c1-13(2,3)20-12(17)15-8-14(9-15)5-6-19-7-10(14)11(16)18-4/h10H,5-9H2,1-4H3/t10-/m1/s1. The minimum Gasteiger partial charge on any atom is -0.469 e. The lowest BCUT2D eigenvalue weighted by Crippen LogP contribution is -2.65. The topological polar surface area (TPSA) is 65.1 Å². The van der Waals surface area contributed by atoms with Crippen molar-refractivity contribution in [3.63, 3.8) is 0 Å². The van der Waals surface area contributed by atoms with Crippen LogP contribution in [0.1, 0.15) is 27.2 Å². The summed E-state index contributed by atoms with van der Waals surface area (Å²) in [5.74, 6) is -0.548. The zero-order chi connectivity index (χ0) is 15.0. The molecule has 2 saturated heterocycles. The lowest BCUT2D eigenvalue weighted by atomic mass is 9.66. The fourth-order valence-electron chi connectivity index (χ4n) is 2.84. The van der Waals surface area contributed by atoms with Gasteiger partial charge in [0.1, 0.15) is 5.60 Å². The molecule has 0 saturated carbocycles. The molecular weight excluding hydrogens is 262 g/mol. The van der Waals surface area contributed by atoms with Gasteiger partial charge in [-0.15, -0.1) is 0 Å². The summed E-state index contributed by atoms with van der Waals surface area (Å²) in [7, 11) is 1.38. The van der Waals surface area contributed by atoms with Gasteiger partial charge in [0, 0.05) is 25.1 Å². The maximum Gasteiger partial charge on any atom is 0.410 e. The molecular formula is C14H23NO5. The maximum atomic E-state index is 12.0. The Bertz CT molecular complexity index is 395. The van der Waals surface area contributed by atoms with Crippen LogP contribution in [0.15, 0.2) is 0 Å². The van der Waals surface area contributed by atoms with Gasteiger partial charge in [-0.3, -0.25) is 4.79 Å². The molecule has 2 rings (SSSR count). The van der Waals surface area contributed by atoms with E-state index in [0.717, 1.165) is 6.42 Å². The van der Waals surface area contributed by atoms with Crippen LogP contribution in [0.3, 0.4) is 0 Å². The Balaban J connectivity index is 1.98. The minimum absolute atomic E-state index is 0.206. The van der Waals surface area contributed by atoms with Crippen LogP contribution in [-0.2, 0) is 19.0 Å². The Kier molecular flexibility index (Phi) is 3.95. The lowest BCUT2D eigenvalue weighted by Gasteiger charge is -2.54. The van der Waals surface area contributed by atoms with Gasteiger partial charge in [-0.2, -0.15) is 0 Å². The van der Waals surface area contributed by atoms with Crippen molar-refractivity contribution in [2.24, 2.45) is 11.3 Å². The van der Waals surface area contributed by atoms with Crippen molar-refractivity contribution in [1.82, 2.24) is 4.90 Å². The first-order valence-electron chi connectivity index (χ1n) is 6.91. The highest BCUT2D eigenvalue weighted by Gasteiger charge is 2.55. The lowest BCUT2D eigenvalue weighted by molar-refractivity contribution is -0.173. The third kappa shape index (κ3) is 2.90. The van der Waals surface area contributed by atoms with E-state index in [2.05, 4.69) is 0 Å². The number of nitrogens with zero attached hydrogens (tertiary/aromatic N) is 1. The number of carbonyl (C=O) groups excluding carboxylic acids is 2. The first kappa shape index (κ1) is 15.1. The molecule has 6 heteroatoms. The summed E-state index contributed by atoms with van der Waals surface area (Å²) in [4.78, 5) is 25.5. The van der Waals surface area contributed by atoms with Gasteiger partial charge in [0.05, 0.1) is 19.6 Å². The summed E-state index contributed by atoms with van der Waals surface area (Å²) in [6, 6.07) is 0. The highest BCUT2D eigenvalue weighted by atomic mass is 16.6. The van der Waals surface area contributed by atoms with Crippen LogP contribution < -0.4 is 0 Å². The molecule has 0 aliphatic carbocycles. The van der Waals surface area contributed by atoms with Gasteiger partial charge in [0.25, 0.3) is 0 Å². The van der Waals surface area contributed by atoms with Gasteiger partial charge in [0.2, 0.25) is 0 Å². The normalized spacial score (nSPS) is 25.0. The monoisotopic (exact) mass is 285 g/mol. The van der Waals surface area contributed by atoms with Gasteiger partial charge in [-0.25, -0.2) is 4.79 Å². The van der Waals surface area contributed by atoms with Gasteiger partial charge < -0.3 is 19.1 Å². The predicted octanol–water partition coefficient (Wildman–Crippen LogP) is 1.43. The van der Waals surface area contributed by atoms with Crippen molar-refractivity contribution < 1.29 is 23.8 Å². The van der Waals surface area contributed by atoms with Crippen LogP contribution in [0, 0.1) is 11.3 Å². The van der Waals surface area contributed by atoms with Gasteiger partial charge in [-0.1, -0.05) is 0 Å². The molecule has 0 aromatic rings. The summed E-state index contributed by atoms with van der Waals surface area (Å²) >= 11 is 0. The Morgan fingerprint density at radius 2 is 1.95 bits per heavy atom. The number of hydrogen-bond donors (Lipinski definition) is 0. The quantitative estimate of drug-likeness (QED) is 0.682. The molecule has 0 aromatic carbocycles. The molecule has 0 unspecified atom stereocenters. The molecule has 0 radical (unpaired) electrons. The van der Waals surface area contributed by atoms with Crippen LogP contribution in [0.25, 0.3) is 0 Å². The molecule has 0 bridgehead atoms. The molecule has 20 heavy (non-hydrogen) atoms. The number of hydrogen-bond acceptors (Lipinski definition) is 5. The number of likely N-dealkylation sites (tertiary alicyclic amines) is 1. The van der Waals surface area contributed by atoms with Crippen molar-refractivity contribution >= 4 is 12.1 Å². The average Bonchev–Trinajstić information content (AvgIpc) is 2.32. The number of amides is 1. The third-order valence-electron chi connectivity index (χ3n) is 3.92. The van der Waals surface area contributed by atoms with Crippen molar-refractivity contribution in [1.29, 1.82) is 0 Å². The highest BCUT2D eigenvalue weighted by molar-refractivity contribution is 5.75. The number of esters is 1. The molecule has 2 aliphatic rings. The maximum absolute atomic E-state index is 12.0. The van der Waals surface area contributed by atoms with E-state index in [1.54, 1.807) is 4.90 Å². The van der Waals surface area contributed by atoms with E-state index in [0.29, 0.717) is 26.3 Å².